The molecule has 3 aliphatic rings. The van der Waals surface area contributed by atoms with Crippen LogP contribution in [0, 0.1) is 0 Å². The Hall–Kier alpha value is -4.27. The van der Waals surface area contributed by atoms with Gasteiger partial charge in [-0.2, -0.15) is 0 Å². The Bertz CT molecular complexity index is 1440. The van der Waals surface area contributed by atoms with E-state index in [0.29, 0.717) is 23.5 Å². The van der Waals surface area contributed by atoms with Crippen molar-refractivity contribution in [2.75, 3.05) is 13.1 Å². The van der Waals surface area contributed by atoms with Crippen LogP contribution in [0.25, 0.3) is 22.6 Å². The molecule has 0 bridgehead atoms. The lowest BCUT2D eigenvalue weighted by Crippen LogP contribution is -2.52. The summed E-state index contributed by atoms with van der Waals surface area (Å²) in [5.41, 5.74) is 4.22. The first-order valence-corrected chi connectivity index (χ1v) is 12.6. The Morgan fingerprint density at radius 3 is 2.49 bits per heavy atom. The summed E-state index contributed by atoms with van der Waals surface area (Å²) in [6.45, 7) is 1.75. The van der Waals surface area contributed by atoms with E-state index < -0.39 is 11.9 Å². The molecule has 3 aromatic rings. The van der Waals surface area contributed by atoms with E-state index in [1.165, 1.54) is 4.90 Å². The SMILES string of the molecule is Cn1c(-c2ccc3c(c2)CN(C2CCC(=O)NC2=O)C3=O)nc(C(=O)N2CCCC2)c1-c1ccccc1. The second kappa shape index (κ2) is 8.99. The Morgan fingerprint density at radius 1 is 1.00 bits per heavy atom. The van der Waals surface area contributed by atoms with Crippen LogP contribution in [0.1, 0.15) is 52.1 Å². The third kappa shape index (κ3) is 3.91. The molecule has 0 aliphatic carbocycles. The smallest absolute Gasteiger partial charge is 0.274 e. The lowest BCUT2D eigenvalue weighted by molar-refractivity contribution is -0.136. The van der Waals surface area contributed by atoms with Crippen LogP contribution in [0.2, 0.25) is 0 Å². The fraction of sp³-hybridized carbons (Fsp3) is 0.321. The zero-order valence-electron chi connectivity index (χ0n) is 20.6. The van der Waals surface area contributed by atoms with Gasteiger partial charge in [0.2, 0.25) is 11.8 Å². The first-order valence-electron chi connectivity index (χ1n) is 12.6. The van der Waals surface area contributed by atoms with Gasteiger partial charge in [0.25, 0.3) is 11.8 Å². The highest BCUT2D eigenvalue weighted by Crippen LogP contribution is 2.34. The number of aromatic nitrogens is 2. The van der Waals surface area contributed by atoms with E-state index in [-0.39, 0.29) is 30.7 Å². The van der Waals surface area contributed by atoms with Crippen molar-refractivity contribution in [3.8, 4) is 22.6 Å². The Kier molecular flexibility index (Phi) is 5.62. The minimum Gasteiger partial charge on any atom is -0.337 e. The standard InChI is InChI=1S/C28H27N5O4/c1-31-24(17-7-3-2-4-8-17)23(28(37)32-13-5-6-14-32)30-25(31)18-9-10-20-19(15-18)16-33(27(20)36)21-11-12-22(34)29-26(21)35/h2-4,7-10,15,21H,5-6,11-14,16H2,1H3,(H,29,34,35). The van der Waals surface area contributed by atoms with Crippen LogP contribution in [0.15, 0.2) is 48.5 Å². The summed E-state index contributed by atoms with van der Waals surface area (Å²) in [5.74, 6) is -0.393. The van der Waals surface area contributed by atoms with Crippen LogP contribution < -0.4 is 5.32 Å². The number of imide groups is 1. The third-order valence-electron chi connectivity index (χ3n) is 7.52. The van der Waals surface area contributed by atoms with Gasteiger partial charge < -0.3 is 14.4 Å². The highest BCUT2D eigenvalue weighted by Gasteiger charge is 2.39. The Balaban J connectivity index is 1.38. The molecule has 0 saturated carbocycles. The van der Waals surface area contributed by atoms with Crippen molar-refractivity contribution in [1.29, 1.82) is 0 Å². The van der Waals surface area contributed by atoms with Crippen molar-refractivity contribution < 1.29 is 19.2 Å². The molecular formula is C28H27N5O4. The summed E-state index contributed by atoms with van der Waals surface area (Å²) in [6.07, 6.45) is 2.52. The molecule has 1 atom stereocenters. The molecule has 6 rings (SSSR count). The predicted octanol–water partition coefficient (Wildman–Crippen LogP) is 2.75. The third-order valence-corrected chi connectivity index (χ3v) is 7.52. The molecule has 37 heavy (non-hydrogen) atoms. The van der Waals surface area contributed by atoms with Crippen molar-refractivity contribution in [3.63, 3.8) is 0 Å². The average molecular weight is 498 g/mol. The van der Waals surface area contributed by atoms with Crippen molar-refractivity contribution >= 4 is 23.6 Å². The fourth-order valence-corrected chi connectivity index (χ4v) is 5.62. The first-order chi connectivity index (χ1) is 17.9. The normalized spacial score (nSPS) is 19.4. The molecular weight excluding hydrogens is 470 g/mol. The quantitative estimate of drug-likeness (QED) is 0.558. The second-order valence-corrected chi connectivity index (χ2v) is 9.83. The average Bonchev–Trinajstić information content (AvgIpc) is 3.63. The number of carbonyl (C=O) groups excluding carboxylic acids is 4. The van der Waals surface area contributed by atoms with E-state index in [2.05, 4.69) is 5.32 Å². The molecule has 188 valence electrons. The predicted molar refractivity (Wildman–Crippen MR) is 135 cm³/mol. The minimum absolute atomic E-state index is 0.0708. The Labute approximate surface area is 214 Å². The van der Waals surface area contributed by atoms with Gasteiger partial charge in [0.15, 0.2) is 5.69 Å². The molecule has 2 aromatic carbocycles. The lowest BCUT2D eigenvalue weighted by Gasteiger charge is -2.29. The number of imidazole rings is 1. The van der Waals surface area contributed by atoms with Crippen molar-refractivity contribution in [1.82, 2.24) is 24.7 Å². The minimum atomic E-state index is -0.663. The van der Waals surface area contributed by atoms with Gasteiger partial charge in [-0.15, -0.1) is 0 Å². The molecule has 9 heteroatoms. The van der Waals surface area contributed by atoms with E-state index in [4.69, 9.17) is 4.98 Å². The molecule has 1 aromatic heterocycles. The number of fused-ring (bicyclic) bond motifs is 1. The summed E-state index contributed by atoms with van der Waals surface area (Å²) in [6, 6.07) is 14.6. The number of likely N-dealkylation sites (tertiary alicyclic amines) is 1. The molecule has 2 saturated heterocycles. The van der Waals surface area contributed by atoms with E-state index in [1.54, 1.807) is 6.07 Å². The molecule has 4 heterocycles. The highest BCUT2D eigenvalue weighted by atomic mass is 16.2. The number of benzene rings is 2. The molecule has 4 amide bonds. The summed E-state index contributed by atoms with van der Waals surface area (Å²) in [7, 11) is 1.90. The molecule has 9 nitrogen and oxygen atoms in total. The van der Waals surface area contributed by atoms with Crippen LogP contribution >= 0.6 is 0 Å². The molecule has 1 unspecified atom stereocenters. The number of nitrogens with zero attached hydrogens (tertiary/aromatic N) is 4. The van der Waals surface area contributed by atoms with Gasteiger partial charge in [0.05, 0.1) is 5.69 Å². The number of hydrogen-bond donors (Lipinski definition) is 1. The number of carbonyl (C=O) groups is 4. The maximum atomic E-state index is 13.5. The van der Waals surface area contributed by atoms with Gasteiger partial charge in [0.1, 0.15) is 11.9 Å². The molecule has 0 radical (unpaired) electrons. The topological polar surface area (TPSA) is 105 Å². The number of amides is 4. The zero-order valence-corrected chi connectivity index (χ0v) is 20.6. The summed E-state index contributed by atoms with van der Waals surface area (Å²) >= 11 is 0. The lowest BCUT2D eigenvalue weighted by atomic mass is 10.0. The zero-order chi connectivity index (χ0) is 25.7. The van der Waals surface area contributed by atoms with Crippen molar-refractivity contribution in [2.45, 2.75) is 38.3 Å². The maximum Gasteiger partial charge on any atom is 0.274 e. The summed E-state index contributed by atoms with van der Waals surface area (Å²) in [4.78, 5) is 58.8. The van der Waals surface area contributed by atoms with Gasteiger partial charge in [-0.05, 0) is 37.0 Å². The van der Waals surface area contributed by atoms with Crippen LogP contribution in [-0.2, 0) is 23.2 Å². The van der Waals surface area contributed by atoms with Gasteiger partial charge in [-0.1, -0.05) is 36.4 Å². The van der Waals surface area contributed by atoms with Crippen molar-refractivity contribution in [3.05, 3.63) is 65.4 Å². The molecule has 1 N–H and O–H groups in total. The van der Waals surface area contributed by atoms with Crippen LogP contribution in [0.3, 0.4) is 0 Å². The number of piperidine rings is 1. The van der Waals surface area contributed by atoms with Gasteiger partial charge >= 0.3 is 0 Å². The van der Waals surface area contributed by atoms with E-state index in [1.807, 2.05) is 59.0 Å². The summed E-state index contributed by atoms with van der Waals surface area (Å²) < 4.78 is 1.94. The monoisotopic (exact) mass is 497 g/mol. The largest absolute Gasteiger partial charge is 0.337 e. The number of nitrogens with one attached hydrogen (secondary N) is 1. The molecule has 3 aliphatic heterocycles. The maximum absolute atomic E-state index is 13.5. The number of hydrogen-bond acceptors (Lipinski definition) is 5. The van der Waals surface area contributed by atoms with E-state index in [0.717, 1.165) is 48.3 Å². The van der Waals surface area contributed by atoms with Crippen LogP contribution in [0.4, 0.5) is 0 Å². The van der Waals surface area contributed by atoms with E-state index in [9.17, 15) is 19.2 Å². The summed E-state index contributed by atoms with van der Waals surface area (Å²) in [5, 5.41) is 2.34. The van der Waals surface area contributed by atoms with Gasteiger partial charge in [-0.3, -0.25) is 24.5 Å². The first kappa shape index (κ1) is 23.1. The van der Waals surface area contributed by atoms with Crippen LogP contribution in [0.5, 0.6) is 0 Å². The van der Waals surface area contributed by atoms with E-state index >= 15 is 0 Å². The molecule has 2 fully saturated rings. The van der Waals surface area contributed by atoms with Gasteiger partial charge in [0, 0.05) is 49.8 Å². The number of rotatable bonds is 4. The highest BCUT2D eigenvalue weighted by molar-refractivity contribution is 6.05. The van der Waals surface area contributed by atoms with Crippen molar-refractivity contribution in [2.24, 2.45) is 7.05 Å². The fourth-order valence-electron chi connectivity index (χ4n) is 5.62. The second-order valence-electron chi connectivity index (χ2n) is 9.83. The Morgan fingerprint density at radius 2 is 1.76 bits per heavy atom. The van der Waals surface area contributed by atoms with Gasteiger partial charge in [-0.25, -0.2) is 4.98 Å². The van der Waals surface area contributed by atoms with Crippen LogP contribution in [-0.4, -0.2) is 62.1 Å². The molecule has 0 spiro atoms.